The third-order valence-electron chi connectivity index (χ3n) is 3.09. The van der Waals surface area contributed by atoms with E-state index < -0.39 is 15.7 Å². The van der Waals surface area contributed by atoms with Crippen molar-refractivity contribution < 1.29 is 18.0 Å². The van der Waals surface area contributed by atoms with Crippen LogP contribution in [0.4, 0.5) is 0 Å². The molecule has 0 spiro atoms. The molecule has 0 saturated heterocycles. The summed E-state index contributed by atoms with van der Waals surface area (Å²) in [6, 6.07) is 8.23. The first-order valence-corrected chi connectivity index (χ1v) is 8.46. The number of benzene rings is 1. The van der Waals surface area contributed by atoms with Crippen LogP contribution >= 0.6 is 0 Å². The number of rotatable bonds is 7. The molecule has 0 unspecified atom stereocenters. The van der Waals surface area contributed by atoms with E-state index in [4.69, 9.17) is 0 Å². The topological polar surface area (TPSA) is 92.3 Å². The number of hydrogen-bond donors (Lipinski definition) is 2. The zero-order valence-corrected chi connectivity index (χ0v) is 12.4. The van der Waals surface area contributed by atoms with Gasteiger partial charge in [-0.1, -0.05) is 18.2 Å². The molecule has 2 rings (SSSR count). The van der Waals surface area contributed by atoms with Crippen LogP contribution in [0.5, 0.6) is 0 Å². The van der Waals surface area contributed by atoms with Gasteiger partial charge in [0.25, 0.3) is 0 Å². The molecular formula is C14H18N2O4S. The smallest absolute Gasteiger partial charge is 0.239 e. The molecule has 114 valence electrons. The number of sulfone groups is 1. The van der Waals surface area contributed by atoms with Crippen LogP contribution in [0, 0.1) is 0 Å². The van der Waals surface area contributed by atoms with Crippen molar-refractivity contribution in [1.29, 1.82) is 0 Å². The molecule has 21 heavy (non-hydrogen) atoms. The Labute approximate surface area is 123 Å². The van der Waals surface area contributed by atoms with Crippen molar-refractivity contribution >= 4 is 21.7 Å². The Morgan fingerprint density at radius 1 is 1.10 bits per heavy atom. The van der Waals surface area contributed by atoms with E-state index in [1.54, 1.807) is 18.2 Å². The van der Waals surface area contributed by atoms with E-state index in [1.807, 2.05) is 0 Å². The van der Waals surface area contributed by atoms with Crippen LogP contribution in [-0.4, -0.2) is 38.6 Å². The second-order valence-corrected chi connectivity index (χ2v) is 7.11. The van der Waals surface area contributed by atoms with E-state index in [-0.39, 0.29) is 35.6 Å². The Morgan fingerprint density at radius 3 is 2.38 bits per heavy atom. The lowest BCUT2D eigenvalue weighted by atomic mass is 10.4. The average Bonchev–Trinajstić information content (AvgIpc) is 3.28. The maximum atomic E-state index is 12.0. The summed E-state index contributed by atoms with van der Waals surface area (Å²) in [6.07, 6.45) is 1.80. The van der Waals surface area contributed by atoms with Crippen molar-refractivity contribution in [3.8, 4) is 0 Å². The average molecular weight is 310 g/mol. The number of hydrogen-bond acceptors (Lipinski definition) is 4. The Bertz CT molecular complexity index is 609. The summed E-state index contributed by atoms with van der Waals surface area (Å²) in [5, 5.41) is 5.16. The van der Waals surface area contributed by atoms with E-state index >= 15 is 0 Å². The number of nitrogens with one attached hydrogen (secondary N) is 2. The van der Waals surface area contributed by atoms with Gasteiger partial charge in [-0.15, -0.1) is 0 Å². The summed E-state index contributed by atoms with van der Waals surface area (Å²) in [4.78, 5) is 23.1. The molecule has 0 atom stereocenters. The maximum Gasteiger partial charge on any atom is 0.239 e. The van der Waals surface area contributed by atoms with Gasteiger partial charge in [0.2, 0.25) is 11.8 Å². The molecule has 0 aliphatic heterocycles. The minimum absolute atomic E-state index is 0.110. The zero-order chi connectivity index (χ0) is 15.3. The van der Waals surface area contributed by atoms with Gasteiger partial charge in [0.1, 0.15) is 0 Å². The van der Waals surface area contributed by atoms with Gasteiger partial charge in [0.05, 0.1) is 17.2 Å². The maximum absolute atomic E-state index is 12.0. The molecule has 1 aliphatic carbocycles. The first-order chi connectivity index (χ1) is 9.97. The zero-order valence-electron chi connectivity index (χ0n) is 11.5. The van der Waals surface area contributed by atoms with E-state index in [0.717, 1.165) is 12.8 Å². The first kappa shape index (κ1) is 15.5. The van der Waals surface area contributed by atoms with Crippen LogP contribution in [0.15, 0.2) is 35.2 Å². The molecule has 2 N–H and O–H groups in total. The van der Waals surface area contributed by atoms with Crippen molar-refractivity contribution in [3.63, 3.8) is 0 Å². The summed E-state index contributed by atoms with van der Waals surface area (Å²) >= 11 is 0. The van der Waals surface area contributed by atoms with Gasteiger partial charge < -0.3 is 10.6 Å². The van der Waals surface area contributed by atoms with Crippen LogP contribution in [0.2, 0.25) is 0 Å². The molecule has 1 aromatic rings. The molecule has 0 aromatic heterocycles. The minimum atomic E-state index is -3.46. The lowest BCUT2D eigenvalue weighted by molar-refractivity contribution is -0.125. The van der Waals surface area contributed by atoms with Crippen molar-refractivity contribution in [2.75, 3.05) is 12.3 Å². The fourth-order valence-corrected chi connectivity index (χ4v) is 3.01. The summed E-state index contributed by atoms with van der Waals surface area (Å²) in [7, 11) is -3.46. The molecule has 1 aromatic carbocycles. The normalized spacial score (nSPS) is 14.5. The molecule has 0 bridgehead atoms. The number of amides is 2. The van der Waals surface area contributed by atoms with Gasteiger partial charge in [-0.25, -0.2) is 8.42 Å². The monoisotopic (exact) mass is 310 g/mol. The molecule has 6 nitrogen and oxygen atoms in total. The summed E-state index contributed by atoms with van der Waals surface area (Å²) in [6.45, 7) is -0.110. The Kier molecular flexibility index (Phi) is 4.95. The molecule has 1 saturated carbocycles. The van der Waals surface area contributed by atoms with E-state index in [2.05, 4.69) is 10.6 Å². The third kappa shape index (κ3) is 5.18. The fourth-order valence-electron chi connectivity index (χ4n) is 1.75. The SMILES string of the molecule is O=C(CCS(=O)(=O)c1ccccc1)NCC(=O)NC1CC1. The molecule has 1 fully saturated rings. The molecule has 1 aliphatic rings. The molecule has 7 heteroatoms. The number of carbonyl (C=O) groups excluding carboxylic acids is 2. The molecule has 0 heterocycles. The van der Waals surface area contributed by atoms with Gasteiger partial charge in [-0.3, -0.25) is 9.59 Å². The van der Waals surface area contributed by atoms with Crippen LogP contribution < -0.4 is 10.6 Å². The minimum Gasteiger partial charge on any atom is -0.352 e. The van der Waals surface area contributed by atoms with Gasteiger partial charge >= 0.3 is 0 Å². The highest BCUT2D eigenvalue weighted by Crippen LogP contribution is 2.18. The van der Waals surface area contributed by atoms with E-state index in [1.165, 1.54) is 12.1 Å². The Balaban J connectivity index is 1.74. The molecule has 2 amide bonds. The highest BCUT2D eigenvalue weighted by Gasteiger charge is 2.23. The van der Waals surface area contributed by atoms with Crippen molar-refractivity contribution in [2.24, 2.45) is 0 Å². The van der Waals surface area contributed by atoms with Crippen LogP contribution in [0.1, 0.15) is 19.3 Å². The van der Waals surface area contributed by atoms with Gasteiger partial charge in [-0.2, -0.15) is 0 Å². The largest absolute Gasteiger partial charge is 0.352 e. The van der Waals surface area contributed by atoms with E-state index in [9.17, 15) is 18.0 Å². The lowest BCUT2D eigenvalue weighted by Gasteiger charge is -2.06. The van der Waals surface area contributed by atoms with Gasteiger partial charge in [-0.05, 0) is 25.0 Å². The van der Waals surface area contributed by atoms with Crippen molar-refractivity contribution in [2.45, 2.75) is 30.2 Å². The standard InChI is InChI=1S/C14H18N2O4S/c17-13(15-10-14(18)16-11-6-7-11)8-9-21(19,20)12-4-2-1-3-5-12/h1-5,11H,6-10H2,(H,15,17)(H,16,18). The lowest BCUT2D eigenvalue weighted by Crippen LogP contribution is -2.38. The summed E-state index contributed by atoms with van der Waals surface area (Å²) < 4.78 is 23.9. The van der Waals surface area contributed by atoms with Gasteiger partial charge in [0.15, 0.2) is 9.84 Å². The first-order valence-electron chi connectivity index (χ1n) is 6.81. The molecule has 0 radical (unpaired) electrons. The highest BCUT2D eigenvalue weighted by atomic mass is 32.2. The predicted octanol–water partition coefficient (Wildman–Crippen LogP) is 0.245. The number of carbonyl (C=O) groups is 2. The van der Waals surface area contributed by atoms with E-state index in [0.29, 0.717) is 0 Å². The second kappa shape index (κ2) is 6.71. The predicted molar refractivity (Wildman–Crippen MR) is 77.3 cm³/mol. The van der Waals surface area contributed by atoms with Gasteiger partial charge in [0, 0.05) is 12.5 Å². The summed E-state index contributed by atoms with van der Waals surface area (Å²) in [5.41, 5.74) is 0. The Morgan fingerprint density at radius 2 is 1.76 bits per heavy atom. The summed E-state index contributed by atoms with van der Waals surface area (Å²) in [5.74, 6) is -0.954. The second-order valence-electron chi connectivity index (χ2n) is 5.00. The van der Waals surface area contributed by atoms with Crippen LogP contribution in [0.25, 0.3) is 0 Å². The van der Waals surface area contributed by atoms with Crippen LogP contribution in [-0.2, 0) is 19.4 Å². The molecular weight excluding hydrogens is 292 g/mol. The Hall–Kier alpha value is -1.89. The highest BCUT2D eigenvalue weighted by molar-refractivity contribution is 7.91. The van der Waals surface area contributed by atoms with Crippen molar-refractivity contribution in [1.82, 2.24) is 10.6 Å². The van der Waals surface area contributed by atoms with Crippen LogP contribution in [0.3, 0.4) is 0 Å². The van der Waals surface area contributed by atoms with Crippen molar-refractivity contribution in [3.05, 3.63) is 30.3 Å². The fraction of sp³-hybridized carbons (Fsp3) is 0.429. The quantitative estimate of drug-likeness (QED) is 0.755. The third-order valence-corrected chi connectivity index (χ3v) is 4.82.